The predicted octanol–water partition coefficient (Wildman–Crippen LogP) is 1.58. The predicted molar refractivity (Wildman–Crippen MR) is 74.9 cm³/mol. The van der Waals surface area contributed by atoms with Crippen LogP contribution in [0.25, 0.3) is 11.2 Å². The van der Waals surface area contributed by atoms with Crippen molar-refractivity contribution in [3.05, 3.63) is 18.0 Å². The van der Waals surface area contributed by atoms with Crippen LogP contribution in [0, 0.1) is 0 Å². The second-order valence-corrected chi connectivity index (χ2v) is 5.06. The zero-order chi connectivity index (χ0) is 14.3. The minimum Gasteiger partial charge on any atom is -0.481 e. The molecule has 1 aliphatic rings. The van der Waals surface area contributed by atoms with E-state index in [1.807, 2.05) is 10.6 Å². The van der Waals surface area contributed by atoms with Gasteiger partial charge in [-0.05, 0) is 12.5 Å². The van der Waals surface area contributed by atoms with Gasteiger partial charge >= 0.3 is 0 Å². The summed E-state index contributed by atoms with van der Waals surface area (Å²) in [5.74, 6) is 1.47. The van der Waals surface area contributed by atoms with E-state index in [9.17, 15) is 4.79 Å². The van der Waals surface area contributed by atoms with Crippen LogP contribution in [0.2, 0.25) is 0 Å². The quantitative estimate of drug-likeness (QED) is 0.807. The number of hydrogen-bond donors (Lipinski definition) is 0. The van der Waals surface area contributed by atoms with Gasteiger partial charge < -0.3 is 9.64 Å². The number of carbonyl (C=O) groups is 1. The molecule has 7 heteroatoms. The number of halogens is 1. The Morgan fingerprint density at radius 2 is 2.25 bits per heavy atom. The first-order chi connectivity index (χ1) is 9.65. The Morgan fingerprint density at radius 1 is 1.45 bits per heavy atom. The van der Waals surface area contributed by atoms with Gasteiger partial charge in [0.05, 0.1) is 13.0 Å². The number of carbonyl (C=O) groups excluding carboxylic acids is 1. The highest BCUT2D eigenvalue weighted by Crippen LogP contribution is 2.29. The Morgan fingerprint density at radius 3 is 2.85 bits per heavy atom. The molecule has 6 nitrogen and oxygen atoms in total. The van der Waals surface area contributed by atoms with E-state index in [1.165, 1.54) is 0 Å². The summed E-state index contributed by atoms with van der Waals surface area (Å²) in [6.45, 7) is 0.731. The van der Waals surface area contributed by atoms with E-state index in [0.29, 0.717) is 17.4 Å². The van der Waals surface area contributed by atoms with Crippen molar-refractivity contribution in [1.29, 1.82) is 0 Å². The Hall–Kier alpha value is -1.82. The van der Waals surface area contributed by atoms with Crippen LogP contribution < -0.4 is 4.74 Å². The molecule has 0 saturated carbocycles. The summed E-state index contributed by atoms with van der Waals surface area (Å²) in [5.41, 5.74) is 1.37. The van der Waals surface area contributed by atoms with Gasteiger partial charge in [0.25, 0.3) is 0 Å². The van der Waals surface area contributed by atoms with Crippen LogP contribution in [0.4, 0.5) is 0 Å². The topological polar surface area (TPSA) is 60.2 Å². The lowest BCUT2D eigenvalue weighted by molar-refractivity contribution is -0.129. The third-order valence-corrected chi connectivity index (χ3v) is 3.86. The van der Waals surface area contributed by atoms with Gasteiger partial charge in [0.2, 0.25) is 11.8 Å². The fourth-order valence-corrected chi connectivity index (χ4v) is 2.77. The first-order valence-electron chi connectivity index (χ1n) is 6.38. The number of fused-ring (bicyclic) bond motifs is 1. The van der Waals surface area contributed by atoms with Gasteiger partial charge in [0.15, 0.2) is 5.65 Å². The van der Waals surface area contributed by atoms with Crippen LogP contribution in [0.1, 0.15) is 18.3 Å². The molecule has 1 unspecified atom stereocenters. The number of amides is 1. The van der Waals surface area contributed by atoms with E-state index in [-0.39, 0.29) is 17.8 Å². The van der Waals surface area contributed by atoms with Crippen molar-refractivity contribution < 1.29 is 9.53 Å². The number of nitrogens with zero attached hydrogens (tertiary/aromatic N) is 4. The third-order valence-electron chi connectivity index (χ3n) is 3.62. The molecule has 1 atom stereocenters. The number of ether oxygens (including phenoxy) is 1. The fraction of sp³-hybridized carbons (Fsp3) is 0.462. The van der Waals surface area contributed by atoms with Crippen molar-refractivity contribution in [3.8, 4) is 5.88 Å². The molecule has 0 N–H and O–H groups in total. The van der Waals surface area contributed by atoms with Crippen molar-refractivity contribution in [2.45, 2.75) is 18.3 Å². The van der Waals surface area contributed by atoms with Crippen LogP contribution in [-0.2, 0) is 10.7 Å². The molecular formula is C13H15ClN4O2. The fourth-order valence-electron chi connectivity index (χ4n) is 2.58. The number of rotatable bonds is 3. The molecule has 0 aromatic carbocycles. The van der Waals surface area contributed by atoms with Crippen molar-refractivity contribution in [3.63, 3.8) is 0 Å². The second-order valence-electron chi connectivity index (χ2n) is 4.79. The molecule has 3 rings (SSSR count). The summed E-state index contributed by atoms with van der Waals surface area (Å²) >= 11 is 5.97. The number of imidazole rings is 1. The second kappa shape index (κ2) is 4.94. The normalized spacial score (nSPS) is 19.1. The first kappa shape index (κ1) is 13.2. The Bertz CT molecular complexity index is 670. The van der Waals surface area contributed by atoms with Gasteiger partial charge in [0.1, 0.15) is 17.4 Å². The molecule has 2 aromatic heterocycles. The standard InChI is InChI=1S/C13H15ClN4O2/c1-17-6-5-9(13(17)19)18-10(7-14)15-8-3-4-11(20-2)16-12(8)18/h3-4,9H,5-7H2,1-2H3. The Kier molecular flexibility index (Phi) is 3.25. The summed E-state index contributed by atoms with van der Waals surface area (Å²) < 4.78 is 6.99. The molecule has 0 spiro atoms. The van der Waals surface area contributed by atoms with Gasteiger partial charge in [-0.25, -0.2) is 4.98 Å². The van der Waals surface area contributed by atoms with E-state index in [0.717, 1.165) is 18.5 Å². The maximum atomic E-state index is 12.2. The van der Waals surface area contributed by atoms with Crippen molar-refractivity contribution in [1.82, 2.24) is 19.4 Å². The molecule has 20 heavy (non-hydrogen) atoms. The first-order valence-corrected chi connectivity index (χ1v) is 6.92. The van der Waals surface area contributed by atoms with Gasteiger partial charge in [-0.2, -0.15) is 4.98 Å². The van der Waals surface area contributed by atoms with Crippen LogP contribution in [0.15, 0.2) is 12.1 Å². The maximum Gasteiger partial charge on any atom is 0.245 e. The summed E-state index contributed by atoms with van der Waals surface area (Å²) in [6, 6.07) is 3.30. The SMILES string of the molecule is COc1ccc2nc(CCl)n(C3CCN(C)C3=O)c2n1. The molecule has 1 saturated heterocycles. The van der Waals surface area contributed by atoms with Crippen molar-refractivity contribution >= 4 is 28.7 Å². The van der Waals surface area contributed by atoms with Gasteiger partial charge in [0, 0.05) is 19.7 Å². The third kappa shape index (κ3) is 1.91. The smallest absolute Gasteiger partial charge is 0.245 e. The van der Waals surface area contributed by atoms with Gasteiger partial charge in [-0.15, -0.1) is 11.6 Å². The zero-order valence-electron chi connectivity index (χ0n) is 11.3. The molecule has 0 bridgehead atoms. The maximum absolute atomic E-state index is 12.2. The minimum atomic E-state index is -0.279. The van der Waals surface area contributed by atoms with Crippen molar-refractivity contribution in [2.24, 2.45) is 0 Å². The summed E-state index contributed by atoms with van der Waals surface area (Å²) in [7, 11) is 3.36. The number of likely N-dealkylation sites (tertiary alicyclic amines) is 1. The van der Waals surface area contributed by atoms with E-state index in [4.69, 9.17) is 16.3 Å². The zero-order valence-corrected chi connectivity index (χ0v) is 12.1. The van der Waals surface area contributed by atoms with Crippen LogP contribution >= 0.6 is 11.6 Å². The van der Waals surface area contributed by atoms with Crippen LogP contribution in [0.3, 0.4) is 0 Å². The molecule has 0 aliphatic carbocycles. The van der Waals surface area contributed by atoms with Crippen LogP contribution in [-0.4, -0.2) is 46.0 Å². The van der Waals surface area contributed by atoms with E-state index >= 15 is 0 Å². The molecule has 1 aliphatic heterocycles. The molecule has 106 valence electrons. The van der Waals surface area contributed by atoms with Crippen molar-refractivity contribution in [2.75, 3.05) is 20.7 Å². The highest BCUT2D eigenvalue weighted by Gasteiger charge is 2.33. The summed E-state index contributed by atoms with van der Waals surface area (Å²) in [6.07, 6.45) is 0.740. The number of methoxy groups -OCH3 is 1. The number of likely N-dealkylation sites (N-methyl/N-ethyl adjacent to an activating group) is 1. The lowest BCUT2D eigenvalue weighted by atomic mass is 10.2. The van der Waals surface area contributed by atoms with E-state index < -0.39 is 0 Å². The average molecular weight is 295 g/mol. The number of hydrogen-bond acceptors (Lipinski definition) is 4. The molecule has 1 fully saturated rings. The van der Waals surface area contributed by atoms with E-state index in [2.05, 4.69) is 9.97 Å². The summed E-state index contributed by atoms with van der Waals surface area (Å²) in [4.78, 5) is 22.8. The molecule has 3 heterocycles. The highest BCUT2D eigenvalue weighted by molar-refractivity contribution is 6.16. The molecule has 2 aromatic rings. The van der Waals surface area contributed by atoms with E-state index in [1.54, 1.807) is 25.1 Å². The molecular weight excluding hydrogens is 280 g/mol. The largest absolute Gasteiger partial charge is 0.481 e. The molecule has 0 radical (unpaired) electrons. The Labute approximate surface area is 121 Å². The highest BCUT2D eigenvalue weighted by atomic mass is 35.5. The van der Waals surface area contributed by atoms with Gasteiger partial charge in [-0.1, -0.05) is 0 Å². The Balaban J connectivity index is 2.19. The number of aromatic nitrogens is 3. The summed E-state index contributed by atoms with van der Waals surface area (Å²) in [5, 5.41) is 0. The van der Waals surface area contributed by atoms with Crippen LogP contribution in [0.5, 0.6) is 5.88 Å². The lowest BCUT2D eigenvalue weighted by Gasteiger charge is -2.14. The average Bonchev–Trinajstić information content (AvgIpc) is 2.99. The van der Waals surface area contributed by atoms with Gasteiger partial charge in [-0.3, -0.25) is 9.36 Å². The molecule has 1 amide bonds. The number of pyridine rings is 1. The number of alkyl halides is 1. The monoisotopic (exact) mass is 294 g/mol. The minimum absolute atomic E-state index is 0.0697. The lowest BCUT2D eigenvalue weighted by Crippen LogP contribution is -2.25.